The number of piperazine rings is 1. The van der Waals surface area contributed by atoms with Crippen LogP contribution < -0.4 is 20.5 Å². The zero-order valence-corrected chi connectivity index (χ0v) is 16.1. The Balaban J connectivity index is 1.56. The number of ether oxygens (including phenoxy) is 1. The molecule has 144 valence electrons. The third kappa shape index (κ3) is 4.07. The van der Waals surface area contributed by atoms with Crippen LogP contribution in [0.2, 0.25) is 0 Å². The first-order valence-corrected chi connectivity index (χ1v) is 9.07. The van der Waals surface area contributed by atoms with Crippen molar-refractivity contribution >= 4 is 11.7 Å². The summed E-state index contributed by atoms with van der Waals surface area (Å²) < 4.78 is 7.01. The van der Waals surface area contributed by atoms with Gasteiger partial charge in [0.15, 0.2) is 0 Å². The fourth-order valence-electron chi connectivity index (χ4n) is 3.24. The van der Waals surface area contributed by atoms with Crippen molar-refractivity contribution in [2.75, 3.05) is 38.2 Å². The molecule has 0 spiro atoms. The van der Waals surface area contributed by atoms with Crippen molar-refractivity contribution in [1.29, 1.82) is 0 Å². The standard InChI is InChI=1S/C20H26N4O3/c1-15-8-9-16(19(25)22(15)2)14-21-20(26)24-12-10-23(11-13-24)17-6-4-5-7-18(17)27-3/h4-9H,10-14H2,1-3H3,(H,21,26). The maximum atomic E-state index is 12.5. The molecule has 1 saturated heterocycles. The summed E-state index contributed by atoms with van der Waals surface area (Å²) >= 11 is 0. The summed E-state index contributed by atoms with van der Waals surface area (Å²) in [4.78, 5) is 28.7. The predicted octanol–water partition coefficient (Wildman–Crippen LogP) is 1.73. The molecule has 3 rings (SSSR count). The molecule has 1 aliphatic rings. The predicted molar refractivity (Wildman–Crippen MR) is 105 cm³/mol. The number of para-hydroxylation sites is 2. The lowest BCUT2D eigenvalue weighted by Crippen LogP contribution is -2.52. The number of anilines is 1. The molecular formula is C20H26N4O3. The molecule has 0 atom stereocenters. The molecular weight excluding hydrogens is 344 g/mol. The van der Waals surface area contributed by atoms with E-state index in [1.54, 1.807) is 29.7 Å². The molecule has 1 aromatic carbocycles. The molecule has 7 nitrogen and oxygen atoms in total. The van der Waals surface area contributed by atoms with Crippen molar-refractivity contribution in [2.24, 2.45) is 7.05 Å². The fraction of sp³-hybridized carbons (Fsp3) is 0.400. The van der Waals surface area contributed by atoms with Crippen molar-refractivity contribution < 1.29 is 9.53 Å². The second-order valence-electron chi connectivity index (χ2n) is 6.67. The lowest BCUT2D eigenvalue weighted by atomic mass is 10.2. The Kier molecular flexibility index (Phi) is 5.69. The SMILES string of the molecule is COc1ccccc1N1CCN(C(=O)NCc2ccc(C)n(C)c2=O)CC1. The first-order chi connectivity index (χ1) is 13.0. The van der Waals surface area contributed by atoms with Crippen LogP contribution in [0.25, 0.3) is 0 Å². The first kappa shape index (κ1) is 18.8. The number of methoxy groups -OCH3 is 1. The van der Waals surface area contributed by atoms with Crippen LogP contribution in [0, 0.1) is 6.92 Å². The number of hydrogen-bond acceptors (Lipinski definition) is 4. The van der Waals surface area contributed by atoms with Crippen LogP contribution >= 0.6 is 0 Å². The first-order valence-electron chi connectivity index (χ1n) is 9.07. The molecule has 0 aliphatic carbocycles. The average Bonchev–Trinajstić information content (AvgIpc) is 2.71. The quantitative estimate of drug-likeness (QED) is 0.890. The van der Waals surface area contributed by atoms with Gasteiger partial charge in [0.1, 0.15) is 5.75 Å². The van der Waals surface area contributed by atoms with Gasteiger partial charge in [0.05, 0.1) is 12.8 Å². The number of amides is 2. The van der Waals surface area contributed by atoms with Gasteiger partial charge in [-0.1, -0.05) is 18.2 Å². The summed E-state index contributed by atoms with van der Waals surface area (Å²) in [6.07, 6.45) is 0. The number of hydrogen-bond donors (Lipinski definition) is 1. The van der Waals surface area contributed by atoms with Gasteiger partial charge in [-0.2, -0.15) is 0 Å². The normalized spacial score (nSPS) is 14.2. The number of aromatic nitrogens is 1. The Bertz CT molecular complexity index is 870. The second kappa shape index (κ2) is 8.16. The van der Waals surface area contributed by atoms with E-state index in [2.05, 4.69) is 10.2 Å². The molecule has 0 saturated carbocycles. The van der Waals surface area contributed by atoms with Crippen molar-refractivity contribution in [1.82, 2.24) is 14.8 Å². The van der Waals surface area contributed by atoms with E-state index in [1.165, 1.54) is 0 Å². The van der Waals surface area contributed by atoms with E-state index < -0.39 is 0 Å². The number of nitrogens with one attached hydrogen (secondary N) is 1. The van der Waals surface area contributed by atoms with Gasteiger partial charge < -0.3 is 24.4 Å². The van der Waals surface area contributed by atoms with Gasteiger partial charge in [-0.25, -0.2) is 4.79 Å². The van der Waals surface area contributed by atoms with Gasteiger partial charge in [0, 0.05) is 51.0 Å². The van der Waals surface area contributed by atoms with Crippen LogP contribution in [0.4, 0.5) is 10.5 Å². The van der Waals surface area contributed by atoms with E-state index in [1.807, 2.05) is 37.3 Å². The van der Waals surface area contributed by atoms with Gasteiger partial charge >= 0.3 is 6.03 Å². The van der Waals surface area contributed by atoms with Crippen molar-refractivity contribution in [3.63, 3.8) is 0 Å². The van der Waals surface area contributed by atoms with Crippen molar-refractivity contribution in [3.8, 4) is 5.75 Å². The zero-order chi connectivity index (χ0) is 19.4. The average molecular weight is 370 g/mol. The highest BCUT2D eigenvalue weighted by Crippen LogP contribution is 2.28. The molecule has 7 heteroatoms. The lowest BCUT2D eigenvalue weighted by molar-refractivity contribution is 0.194. The number of benzene rings is 1. The van der Waals surface area contributed by atoms with Crippen LogP contribution in [0.3, 0.4) is 0 Å². The largest absolute Gasteiger partial charge is 0.495 e. The van der Waals surface area contributed by atoms with Gasteiger partial charge in [0.25, 0.3) is 5.56 Å². The monoisotopic (exact) mass is 370 g/mol. The lowest BCUT2D eigenvalue weighted by Gasteiger charge is -2.36. The number of aryl methyl sites for hydroxylation is 1. The number of nitrogens with zero attached hydrogens (tertiary/aromatic N) is 3. The maximum absolute atomic E-state index is 12.5. The number of carbonyl (C=O) groups is 1. The molecule has 1 fully saturated rings. The van der Waals surface area contributed by atoms with Crippen LogP contribution in [-0.2, 0) is 13.6 Å². The summed E-state index contributed by atoms with van der Waals surface area (Å²) in [6.45, 7) is 4.83. The Morgan fingerprint density at radius 2 is 1.81 bits per heavy atom. The summed E-state index contributed by atoms with van der Waals surface area (Å²) in [5, 5.41) is 2.86. The Morgan fingerprint density at radius 1 is 1.11 bits per heavy atom. The fourth-order valence-corrected chi connectivity index (χ4v) is 3.24. The van der Waals surface area contributed by atoms with Crippen LogP contribution in [0.1, 0.15) is 11.3 Å². The number of pyridine rings is 1. The third-order valence-corrected chi connectivity index (χ3v) is 5.06. The molecule has 1 aliphatic heterocycles. The van der Waals surface area contributed by atoms with Crippen molar-refractivity contribution in [2.45, 2.75) is 13.5 Å². The van der Waals surface area contributed by atoms with E-state index in [-0.39, 0.29) is 18.1 Å². The summed E-state index contributed by atoms with van der Waals surface area (Å²) in [5.41, 5.74) is 2.45. The molecule has 1 aromatic heterocycles. The Hall–Kier alpha value is -2.96. The van der Waals surface area contributed by atoms with Crippen molar-refractivity contribution in [3.05, 3.63) is 58.0 Å². The highest BCUT2D eigenvalue weighted by molar-refractivity contribution is 5.74. The zero-order valence-electron chi connectivity index (χ0n) is 16.1. The summed E-state index contributed by atoms with van der Waals surface area (Å²) in [7, 11) is 3.40. The number of rotatable bonds is 4. The van der Waals surface area contributed by atoms with Crippen LogP contribution in [-0.4, -0.2) is 48.8 Å². The van der Waals surface area contributed by atoms with Crippen LogP contribution in [0.15, 0.2) is 41.2 Å². The van der Waals surface area contributed by atoms with Gasteiger partial charge in [-0.05, 0) is 25.1 Å². The Morgan fingerprint density at radius 3 is 2.52 bits per heavy atom. The highest BCUT2D eigenvalue weighted by atomic mass is 16.5. The topological polar surface area (TPSA) is 66.8 Å². The minimum Gasteiger partial charge on any atom is -0.495 e. The Labute approximate surface area is 159 Å². The highest BCUT2D eigenvalue weighted by Gasteiger charge is 2.22. The molecule has 0 bridgehead atoms. The second-order valence-corrected chi connectivity index (χ2v) is 6.67. The third-order valence-electron chi connectivity index (χ3n) is 5.06. The van der Waals surface area contributed by atoms with Gasteiger partial charge in [0.2, 0.25) is 0 Å². The van der Waals surface area contributed by atoms with E-state index in [0.717, 1.165) is 30.2 Å². The van der Waals surface area contributed by atoms with E-state index in [9.17, 15) is 9.59 Å². The van der Waals surface area contributed by atoms with E-state index in [4.69, 9.17) is 4.74 Å². The minimum atomic E-state index is -0.141. The number of carbonyl (C=O) groups excluding carboxylic acids is 1. The summed E-state index contributed by atoms with van der Waals surface area (Å²) in [6, 6.07) is 11.4. The van der Waals surface area contributed by atoms with Gasteiger partial charge in [-0.3, -0.25) is 4.79 Å². The number of urea groups is 1. The molecule has 27 heavy (non-hydrogen) atoms. The van der Waals surface area contributed by atoms with E-state index >= 15 is 0 Å². The molecule has 2 heterocycles. The molecule has 0 radical (unpaired) electrons. The smallest absolute Gasteiger partial charge is 0.317 e. The molecule has 0 unspecified atom stereocenters. The van der Waals surface area contributed by atoms with E-state index in [0.29, 0.717) is 18.7 Å². The summed E-state index contributed by atoms with van der Waals surface area (Å²) in [5.74, 6) is 0.839. The molecule has 2 aromatic rings. The maximum Gasteiger partial charge on any atom is 0.317 e. The molecule has 1 N–H and O–H groups in total. The van der Waals surface area contributed by atoms with Gasteiger partial charge in [-0.15, -0.1) is 0 Å². The minimum absolute atomic E-state index is 0.0729. The van der Waals surface area contributed by atoms with Crippen LogP contribution in [0.5, 0.6) is 5.75 Å². The molecule has 2 amide bonds.